The number of nitrogens with one attached hydrogen (secondary N) is 1. The lowest BCUT2D eigenvalue weighted by Gasteiger charge is -2.20. The number of amides is 1. The van der Waals surface area contributed by atoms with Gasteiger partial charge in [-0.25, -0.2) is 0 Å². The number of aryl methyl sites for hydroxylation is 1. The number of pyridine rings is 2. The summed E-state index contributed by atoms with van der Waals surface area (Å²) >= 11 is 0. The molecule has 3 aromatic rings. The first-order chi connectivity index (χ1) is 17.2. The van der Waals surface area contributed by atoms with Crippen molar-refractivity contribution in [2.75, 3.05) is 19.6 Å². The fourth-order valence-corrected chi connectivity index (χ4v) is 5.05. The number of aliphatic imine (C=N–C) groups is 1. The van der Waals surface area contributed by atoms with Crippen molar-refractivity contribution in [1.82, 2.24) is 20.2 Å². The van der Waals surface area contributed by atoms with Crippen molar-refractivity contribution in [2.45, 2.75) is 38.0 Å². The molecule has 1 aromatic carbocycles. The average Bonchev–Trinajstić information content (AvgIpc) is 3.42. The smallest absolute Gasteiger partial charge is 0.351 e. The Morgan fingerprint density at radius 2 is 1.92 bits per heavy atom. The zero-order valence-electron chi connectivity index (χ0n) is 19.8. The van der Waals surface area contributed by atoms with Gasteiger partial charge in [-0.15, -0.1) is 0 Å². The third-order valence-corrected chi connectivity index (χ3v) is 6.59. The fourth-order valence-electron chi connectivity index (χ4n) is 5.05. The maximum atomic E-state index is 13.0. The quantitative estimate of drug-likeness (QED) is 0.567. The van der Waals surface area contributed by atoms with Crippen LogP contribution in [0.1, 0.15) is 39.6 Å². The highest BCUT2D eigenvalue weighted by Crippen LogP contribution is 2.30. The zero-order valence-corrected chi connectivity index (χ0v) is 19.8. The number of alkyl halides is 3. The molecular formula is C27H26F3N5O. The van der Waals surface area contributed by atoms with Gasteiger partial charge in [-0.3, -0.25) is 24.7 Å². The summed E-state index contributed by atoms with van der Waals surface area (Å²) in [6.45, 7) is 1.82. The summed E-state index contributed by atoms with van der Waals surface area (Å²) in [5, 5.41) is 2.98. The third-order valence-electron chi connectivity index (χ3n) is 6.59. The Labute approximate surface area is 207 Å². The van der Waals surface area contributed by atoms with Crippen molar-refractivity contribution in [3.8, 4) is 0 Å². The summed E-state index contributed by atoms with van der Waals surface area (Å²) in [5.41, 5.74) is 6.20. The Kier molecular flexibility index (Phi) is 6.57. The van der Waals surface area contributed by atoms with Gasteiger partial charge in [0.05, 0.1) is 30.9 Å². The predicted octanol–water partition coefficient (Wildman–Crippen LogP) is 3.83. The molecule has 0 spiro atoms. The van der Waals surface area contributed by atoms with Gasteiger partial charge >= 0.3 is 6.18 Å². The molecule has 1 fully saturated rings. The first-order valence-corrected chi connectivity index (χ1v) is 11.8. The van der Waals surface area contributed by atoms with Crippen molar-refractivity contribution in [1.29, 1.82) is 0 Å². The van der Waals surface area contributed by atoms with Crippen LogP contribution in [0.2, 0.25) is 0 Å². The van der Waals surface area contributed by atoms with Crippen LogP contribution in [-0.2, 0) is 17.8 Å². The normalized spacial score (nSPS) is 19.7. The van der Waals surface area contributed by atoms with Crippen molar-refractivity contribution >= 4 is 11.6 Å². The molecule has 2 aliphatic heterocycles. The standard InChI is InChI=1S/C27H26F3N5O/c1-17-9-19(7-8-31-17)26-22-13-32-21(10-20(22)12-33-26)11-25(36)34-24-15-35(16-27(28,29)30)14-23(24)18-5-3-2-4-6-18/h2-10,13,23-24H,11-12,14-16H2,1H3,(H,34,36)/t23-,24+/m0/s1. The second-order valence-electron chi connectivity index (χ2n) is 9.36. The van der Waals surface area contributed by atoms with Crippen LogP contribution in [-0.4, -0.2) is 58.3 Å². The molecule has 2 atom stereocenters. The highest BCUT2D eigenvalue weighted by molar-refractivity contribution is 6.15. The second-order valence-corrected chi connectivity index (χ2v) is 9.36. The second kappa shape index (κ2) is 9.81. The number of aromatic nitrogens is 2. The number of carbonyl (C=O) groups is 1. The van der Waals surface area contributed by atoms with Crippen LogP contribution in [0.3, 0.4) is 0 Å². The lowest BCUT2D eigenvalue weighted by Crippen LogP contribution is -2.41. The van der Waals surface area contributed by atoms with E-state index in [4.69, 9.17) is 0 Å². The molecule has 1 saturated heterocycles. The number of nitrogens with zero attached hydrogens (tertiary/aromatic N) is 4. The number of hydrogen-bond donors (Lipinski definition) is 1. The number of fused-ring (bicyclic) bond motifs is 1. The molecule has 0 unspecified atom stereocenters. The molecule has 0 bridgehead atoms. The maximum absolute atomic E-state index is 13.0. The Bertz CT molecular complexity index is 1290. The summed E-state index contributed by atoms with van der Waals surface area (Å²) in [4.78, 5) is 27.7. The zero-order chi connectivity index (χ0) is 25.3. The summed E-state index contributed by atoms with van der Waals surface area (Å²) in [6, 6.07) is 14.7. The third kappa shape index (κ3) is 5.46. The number of halogens is 3. The van der Waals surface area contributed by atoms with Gasteiger partial charge in [0.25, 0.3) is 0 Å². The fraction of sp³-hybridized carbons (Fsp3) is 0.333. The van der Waals surface area contributed by atoms with Crippen LogP contribution in [0, 0.1) is 6.92 Å². The monoisotopic (exact) mass is 493 g/mol. The SMILES string of the molecule is Cc1cc(C2=NCc3cc(CC(=O)N[C@@H]4CN(CC(F)(F)F)C[C@H]4c4ccccc4)ncc32)ccn1. The molecule has 1 amide bonds. The van der Waals surface area contributed by atoms with E-state index in [1.54, 1.807) is 12.4 Å². The Morgan fingerprint density at radius 1 is 1.11 bits per heavy atom. The number of benzene rings is 1. The molecule has 0 aliphatic carbocycles. The van der Waals surface area contributed by atoms with Crippen molar-refractivity contribution < 1.29 is 18.0 Å². The molecule has 0 saturated carbocycles. The number of rotatable bonds is 6. The van der Waals surface area contributed by atoms with Crippen LogP contribution in [0.5, 0.6) is 0 Å². The van der Waals surface area contributed by atoms with Crippen LogP contribution < -0.4 is 5.32 Å². The highest BCUT2D eigenvalue weighted by Gasteiger charge is 2.40. The van der Waals surface area contributed by atoms with Crippen LogP contribution in [0.15, 0.2) is 65.9 Å². The van der Waals surface area contributed by atoms with E-state index in [0.717, 1.165) is 33.7 Å². The number of likely N-dealkylation sites (tertiary alicyclic amines) is 1. The lowest BCUT2D eigenvalue weighted by molar-refractivity contribution is -0.143. The van der Waals surface area contributed by atoms with Gasteiger partial charge in [-0.1, -0.05) is 30.3 Å². The Hall–Kier alpha value is -3.59. The van der Waals surface area contributed by atoms with Crippen LogP contribution >= 0.6 is 0 Å². The highest BCUT2D eigenvalue weighted by atomic mass is 19.4. The number of carbonyl (C=O) groups excluding carboxylic acids is 1. The van der Waals surface area contributed by atoms with E-state index >= 15 is 0 Å². The molecule has 6 nitrogen and oxygen atoms in total. The van der Waals surface area contributed by atoms with Gasteiger partial charge < -0.3 is 5.32 Å². The minimum absolute atomic E-state index is 0.0499. The van der Waals surface area contributed by atoms with Crippen molar-refractivity contribution in [2.24, 2.45) is 4.99 Å². The van der Waals surface area contributed by atoms with Gasteiger partial charge in [-0.2, -0.15) is 13.2 Å². The Morgan fingerprint density at radius 3 is 2.67 bits per heavy atom. The molecule has 4 heterocycles. The molecule has 186 valence electrons. The van der Waals surface area contributed by atoms with Gasteiger partial charge in [0.15, 0.2) is 0 Å². The largest absolute Gasteiger partial charge is 0.401 e. The van der Waals surface area contributed by atoms with Gasteiger partial charge in [0.2, 0.25) is 5.91 Å². The molecule has 1 N–H and O–H groups in total. The van der Waals surface area contributed by atoms with Gasteiger partial charge in [0, 0.05) is 54.3 Å². The number of hydrogen-bond acceptors (Lipinski definition) is 5. The van der Waals surface area contributed by atoms with E-state index < -0.39 is 18.8 Å². The average molecular weight is 494 g/mol. The Balaban J connectivity index is 1.27. The summed E-state index contributed by atoms with van der Waals surface area (Å²) in [6.07, 6.45) is -0.746. The first kappa shape index (κ1) is 24.1. The summed E-state index contributed by atoms with van der Waals surface area (Å²) < 4.78 is 39.1. The van der Waals surface area contributed by atoms with Crippen molar-refractivity contribution in [3.05, 3.63) is 94.6 Å². The molecule has 5 rings (SSSR count). The first-order valence-electron chi connectivity index (χ1n) is 11.8. The van der Waals surface area contributed by atoms with Crippen molar-refractivity contribution in [3.63, 3.8) is 0 Å². The van der Waals surface area contributed by atoms with E-state index in [1.807, 2.05) is 55.5 Å². The van der Waals surface area contributed by atoms with Crippen LogP contribution in [0.25, 0.3) is 0 Å². The molecule has 36 heavy (non-hydrogen) atoms. The van der Waals surface area contributed by atoms with E-state index in [2.05, 4.69) is 20.3 Å². The minimum Gasteiger partial charge on any atom is -0.351 e. The van der Waals surface area contributed by atoms with E-state index in [9.17, 15) is 18.0 Å². The molecule has 2 aromatic heterocycles. The van der Waals surface area contributed by atoms with E-state index in [1.165, 1.54) is 4.90 Å². The van der Waals surface area contributed by atoms with Gasteiger partial charge in [0.1, 0.15) is 0 Å². The van der Waals surface area contributed by atoms with E-state index in [0.29, 0.717) is 12.2 Å². The molecule has 9 heteroatoms. The molecule has 0 radical (unpaired) electrons. The van der Waals surface area contributed by atoms with E-state index in [-0.39, 0.29) is 31.3 Å². The van der Waals surface area contributed by atoms with Gasteiger partial charge in [-0.05, 0) is 36.2 Å². The summed E-state index contributed by atoms with van der Waals surface area (Å²) in [5.74, 6) is -0.476. The minimum atomic E-state index is -4.29. The molecule has 2 aliphatic rings. The lowest BCUT2D eigenvalue weighted by atomic mass is 9.94. The van der Waals surface area contributed by atoms with Crippen LogP contribution in [0.4, 0.5) is 13.2 Å². The summed E-state index contributed by atoms with van der Waals surface area (Å²) in [7, 11) is 0. The topological polar surface area (TPSA) is 70.5 Å². The maximum Gasteiger partial charge on any atom is 0.401 e. The molecular weight excluding hydrogens is 467 g/mol. The predicted molar refractivity (Wildman–Crippen MR) is 130 cm³/mol.